The molecule has 0 bridgehead atoms. The van der Waals surface area contributed by atoms with E-state index in [1.54, 1.807) is 6.08 Å². The van der Waals surface area contributed by atoms with Gasteiger partial charge in [-0.05, 0) is 18.6 Å². The van der Waals surface area contributed by atoms with Gasteiger partial charge in [0.05, 0.1) is 6.10 Å². The first-order chi connectivity index (χ1) is 8.29. The lowest BCUT2D eigenvalue weighted by molar-refractivity contribution is 0.171. The molecule has 1 unspecified atom stereocenters. The molecule has 0 radical (unpaired) electrons. The minimum Gasteiger partial charge on any atom is -0.461 e. The molecule has 1 heterocycles. The van der Waals surface area contributed by atoms with Gasteiger partial charge in [-0.25, -0.2) is 0 Å². The molecular formula is C15H16O2. The summed E-state index contributed by atoms with van der Waals surface area (Å²) in [6.45, 7) is 3.60. The van der Waals surface area contributed by atoms with Crippen molar-refractivity contribution in [3.8, 4) is 11.3 Å². The van der Waals surface area contributed by atoms with E-state index in [4.69, 9.17) is 4.42 Å². The smallest absolute Gasteiger partial charge is 0.134 e. The summed E-state index contributed by atoms with van der Waals surface area (Å²) in [4.78, 5) is 0. The van der Waals surface area contributed by atoms with Gasteiger partial charge >= 0.3 is 0 Å². The van der Waals surface area contributed by atoms with Gasteiger partial charge in [0.1, 0.15) is 11.5 Å². The Morgan fingerprint density at radius 1 is 1.18 bits per heavy atom. The summed E-state index contributed by atoms with van der Waals surface area (Å²) in [5.74, 6) is 1.64. The zero-order valence-corrected chi connectivity index (χ0v) is 9.67. The molecule has 0 saturated carbocycles. The molecule has 0 aliphatic carbocycles. The summed E-state index contributed by atoms with van der Waals surface area (Å²) in [6.07, 6.45) is 2.41. The van der Waals surface area contributed by atoms with Crippen LogP contribution in [-0.4, -0.2) is 11.2 Å². The van der Waals surface area contributed by atoms with Crippen LogP contribution in [0.4, 0.5) is 0 Å². The van der Waals surface area contributed by atoms with Crippen LogP contribution in [0, 0.1) is 0 Å². The fourth-order valence-electron chi connectivity index (χ4n) is 1.75. The maximum Gasteiger partial charge on any atom is 0.134 e. The van der Waals surface area contributed by atoms with Crippen LogP contribution in [0.3, 0.4) is 0 Å². The fraction of sp³-hybridized carbons (Fsp3) is 0.200. The van der Waals surface area contributed by atoms with Crippen molar-refractivity contribution in [1.29, 1.82) is 0 Å². The van der Waals surface area contributed by atoms with Crippen molar-refractivity contribution in [1.82, 2.24) is 0 Å². The van der Waals surface area contributed by atoms with Gasteiger partial charge in [-0.1, -0.05) is 36.4 Å². The van der Waals surface area contributed by atoms with E-state index in [9.17, 15) is 5.11 Å². The van der Waals surface area contributed by atoms with Crippen LogP contribution in [0.25, 0.3) is 11.3 Å². The van der Waals surface area contributed by atoms with Gasteiger partial charge in [0.2, 0.25) is 0 Å². The standard InChI is InChI=1S/C15H16O2/c1-2-6-13(16)11-14-9-10-15(17-14)12-7-4-3-5-8-12/h2-5,7-10,13,16H,1,6,11H2. The summed E-state index contributed by atoms with van der Waals surface area (Å²) >= 11 is 0. The lowest BCUT2D eigenvalue weighted by Crippen LogP contribution is -2.07. The number of furan rings is 1. The highest BCUT2D eigenvalue weighted by Crippen LogP contribution is 2.22. The van der Waals surface area contributed by atoms with E-state index in [-0.39, 0.29) is 0 Å². The van der Waals surface area contributed by atoms with Gasteiger partial charge in [-0.3, -0.25) is 0 Å². The Bertz CT molecular complexity index is 471. The Morgan fingerprint density at radius 2 is 1.94 bits per heavy atom. The Balaban J connectivity index is 2.09. The molecule has 2 aromatic rings. The summed E-state index contributed by atoms with van der Waals surface area (Å²) in [5.41, 5.74) is 1.05. The van der Waals surface area contributed by atoms with Crippen LogP contribution >= 0.6 is 0 Å². The maximum absolute atomic E-state index is 9.65. The minimum absolute atomic E-state index is 0.415. The van der Waals surface area contributed by atoms with Crippen molar-refractivity contribution in [3.63, 3.8) is 0 Å². The van der Waals surface area contributed by atoms with E-state index in [0.29, 0.717) is 12.8 Å². The molecule has 0 amide bonds. The molecule has 0 saturated heterocycles. The third-order valence-electron chi connectivity index (χ3n) is 2.60. The third-order valence-corrected chi connectivity index (χ3v) is 2.60. The number of aliphatic hydroxyl groups is 1. The third kappa shape index (κ3) is 3.08. The quantitative estimate of drug-likeness (QED) is 0.795. The zero-order chi connectivity index (χ0) is 12.1. The van der Waals surface area contributed by atoms with Crippen LogP contribution in [0.2, 0.25) is 0 Å². The van der Waals surface area contributed by atoms with Crippen LogP contribution < -0.4 is 0 Å². The average molecular weight is 228 g/mol. The largest absolute Gasteiger partial charge is 0.461 e. The predicted octanol–water partition coefficient (Wildman–Crippen LogP) is 3.43. The van der Waals surface area contributed by atoms with E-state index >= 15 is 0 Å². The molecule has 1 aromatic heterocycles. The normalized spacial score (nSPS) is 12.3. The van der Waals surface area contributed by atoms with Crippen molar-refractivity contribution >= 4 is 0 Å². The Hall–Kier alpha value is -1.80. The van der Waals surface area contributed by atoms with Crippen molar-refractivity contribution in [2.75, 3.05) is 0 Å². The Labute approximate surface area is 101 Å². The van der Waals surface area contributed by atoms with Gasteiger partial charge in [0, 0.05) is 12.0 Å². The van der Waals surface area contributed by atoms with E-state index < -0.39 is 6.10 Å². The van der Waals surface area contributed by atoms with E-state index in [2.05, 4.69) is 6.58 Å². The number of aliphatic hydroxyl groups excluding tert-OH is 1. The first-order valence-corrected chi connectivity index (χ1v) is 5.72. The first-order valence-electron chi connectivity index (χ1n) is 5.72. The molecule has 17 heavy (non-hydrogen) atoms. The molecule has 2 rings (SSSR count). The fourth-order valence-corrected chi connectivity index (χ4v) is 1.75. The van der Waals surface area contributed by atoms with Crippen molar-refractivity contribution < 1.29 is 9.52 Å². The highest BCUT2D eigenvalue weighted by atomic mass is 16.3. The van der Waals surface area contributed by atoms with Crippen LogP contribution in [-0.2, 0) is 6.42 Å². The Morgan fingerprint density at radius 3 is 2.65 bits per heavy atom. The molecule has 88 valence electrons. The lowest BCUT2D eigenvalue weighted by Gasteiger charge is -2.04. The topological polar surface area (TPSA) is 33.4 Å². The van der Waals surface area contributed by atoms with Gasteiger partial charge in [-0.2, -0.15) is 0 Å². The average Bonchev–Trinajstić information content (AvgIpc) is 2.79. The molecule has 2 nitrogen and oxygen atoms in total. The summed E-state index contributed by atoms with van der Waals surface area (Å²) in [6, 6.07) is 13.8. The molecule has 1 aromatic carbocycles. The SMILES string of the molecule is C=CCC(O)Cc1ccc(-c2ccccc2)o1. The monoisotopic (exact) mass is 228 g/mol. The van der Waals surface area contributed by atoms with Gasteiger partial charge in [0.15, 0.2) is 0 Å². The van der Waals surface area contributed by atoms with Gasteiger partial charge < -0.3 is 9.52 Å². The molecule has 0 fully saturated rings. The van der Waals surface area contributed by atoms with Crippen molar-refractivity contribution in [2.45, 2.75) is 18.9 Å². The number of hydrogen-bond donors (Lipinski definition) is 1. The van der Waals surface area contributed by atoms with Crippen molar-refractivity contribution in [2.24, 2.45) is 0 Å². The van der Waals surface area contributed by atoms with Gasteiger partial charge in [-0.15, -0.1) is 6.58 Å². The number of benzene rings is 1. The van der Waals surface area contributed by atoms with Crippen molar-refractivity contribution in [3.05, 3.63) is 60.9 Å². The van der Waals surface area contributed by atoms with E-state index in [1.807, 2.05) is 42.5 Å². The molecule has 0 aliphatic heterocycles. The summed E-state index contributed by atoms with van der Waals surface area (Å²) < 4.78 is 5.69. The Kier molecular flexibility index (Phi) is 3.78. The highest BCUT2D eigenvalue weighted by Gasteiger charge is 2.08. The predicted molar refractivity (Wildman–Crippen MR) is 68.7 cm³/mol. The summed E-state index contributed by atoms with van der Waals surface area (Å²) in [5, 5.41) is 9.65. The van der Waals surface area contributed by atoms with E-state index in [0.717, 1.165) is 17.1 Å². The molecular weight excluding hydrogens is 212 g/mol. The minimum atomic E-state index is -0.415. The zero-order valence-electron chi connectivity index (χ0n) is 9.67. The van der Waals surface area contributed by atoms with Crippen LogP contribution in [0.5, 0.6) is 0 Å². The second kappa shape index (κ2) is 5.51. The second-order valence-corrected chi connectivity index (χ2v) is 4.01. The molecule has 1 N–H and O–H groups in total. The van der Waals surface area contributed by atoms with E-state index in [1.165, 1.54) is 0 Å². The van der Waals surface area contributed by atoms with Crippen LogP contribution in [0.15, 0.2) is 59.5 Å². The van der Waals surface area contributed by atoms with Gasteiger partial charge in [0.25, 0.3) is 0 Å². The first kappa shape index (κ1) is 11.7. The molecule has 0 aliphatic rings. The summed E-state index contributed by atoms with van der Waals surface area (Å²) in [7, 11) is 0. The highest BCUT2D eigenvalue weighted by molar-refractivity contribution is 5.57. The van der Waals surface area contributed by atoms with Crippen LogP contribution in [0.1, 0.15) is 12.2 Å². The second-order valence-electron chi connectivity index (χ2n) is 4.01. The molecule has 2 heteroatoms. The lowest BCUT2D eigenvalue weighted by atomic mass is 10.1. The molecule has 0 spiro atoms. The molecule has 1 atom stereocenters. The number of hydrogen-bond acceptors (Lipinski definition) is 2. The maximum atomic E-state index is 9.65. The number of rotatable bonds is 5.